The van der Waals surface area contributed by atoms with Crippen LogP contribution in [0.1, 0.15) is 25.4 Å². The number of halogens is 3. The second-order valence-electron chi connectivity index (χ2n) is 7.69. The summed E-state index contributed by atoms with van der Waals surface area (Å²) in [5.74, 6) is 0.624. The molecule has 30 heavy (non-hydrogen) atoms. The molecule has 0 amide bonds. The molecule has 2 heterocycles. The smallest absolute Gasteiger partial charge is 1.00 e. The molecule has 3 N–H and O–H groups in total. The molecule has 8 heteroatoms. The minimum Gasteiger partial charge on any atom is -1.00 e. The maximum Gasteiger partial charge on any atom is 1.00 e. The number of aryl methyl sites for hydroxylation is 2. The van der Waals surface area contributed by atoms with Gasteiger partial charge < -0.3 is 37.4 Å². The summed E-state index contributed by atoms with van der Waals surface area (Å²) in [6, 6.07) is 8.79. The maximum absolute atomic E-state index is 13.3. The van der Waals surface area contributed by atoms with E-state index in [1.807, 2.05) is 0 Å². The van der Waals surface area contributed by atoms with Gasteiger partial charge in [0.2, 0.25) is 0 Å². The Morgan fingerprint density at radius 1 is 0.867 bits per heavy atom. The minimum absolute atomic E-state index is 0. The van der Waals surface area contributed by atoms with Gasteiger partial charge in [-0.1, -0.05) is 0 Å². The van der Waals surface area contributed by atoms with Gasteiger partial charge in [-0.25, -0.2) is 8.78 Å². The Kier molecular flexibility index (Phi) is 7.52. The van der Waals surface area contributed by atoms with Gasteiger partial charge in [-0.2, -0.15) is 0 Å². The first-order valence-electron chi connectivity index (χ1n) is 9.96. The highest BCUT2D eigenvalue weighted by Crippen LogP contribution is 2.30. The Balaban J connectivity index is 0.00000171. The zero-order valence-corrected chi connectivity index (χ0v) is 17.1. The Morgan fingerprint density at radius 2 is 1.30 bits per heavy atom. The summed E-state index contributed by atoms with van der Waals surface area (Å²) < 4.78 is 38.2. The van der Waals surface area contributed by atoms with E-state index in [4.69, 9.17) is 9.47 Å². The normalized spacial score (nSPS) is 21.9. The summed E-state index contributed by atoms with van der Waals surface area (Å²) in [6.45, 7) is 0.513. The summed E-state index contributed by atoms with van der Waals surface area (Å²) in [5.41, 5.74) is 1.62. The Bertz CT molecular complexity index is 806. The average molecular weight is 442 g/mol. The molecule has 164 valence electrons. The van der Waals surface area contributed by atoms with Gasteiger partial charge in [0.05, 0.1) is 0 Å². The van der Waals surface area contributed by atoms with E-state index < -0.39 is 12.2 Å². The third-order valence-corrected chi connectivity index (χ3v) is 5.56. The number of hydrogen-bond donors (Lipinski definition) is 3. The standard InChI is InChI=1S/C22H25F2NO4.ClH/c23-15-3-7-19-13(9-15)1-5-21(28-19)17(26)11-25-12-18(27)22-6-2-14-10-16(24)4-8-20(14)29-22;/h3-4,7-10,17-18,21-22,25-27H,1-2,5-6,11-12H2;1H/t17-,18-,21-,22+;/m0./s1. The molecule has 0 fully saturated rings. The zero-order chi connectivity index (χ0) is 20.4. The van der Waals surface area contributed by atoms with Crippen LogP contribution in [0.3, 0.4) is 0 Å². The van der Waals surface area contributed by atoms with Crippen LogP contribution in [0.15, 0.2) is 36.4 Å². The molecule has 0 bridgehead atoms. The van der Waals surface area contributed by atoms with Crippen molar-refractivity contribution in [3.63, 3.8) is 0 Å². The van der Waals surface area contributed by atoms with Gasteiger partial charge in [0.15, 0.2) is 0 Å². The molecular formula is C22H26ClF2NO4. The molecule has 0 spiro atoms. The predicted molar refractivity (Wildman–Crippen MR) is 104 cm³/mol. The Morgan fingerprint density at radius 3 is 1.73 bits per heavy atom. The van der Waals surface area contributed by atoms with Gasteiger partial charge in [0, 0.05) is 13.1 Å². The summed E-state index contributed by atoms with van der Waals surface area (Å²) >= 11 is 0. The van der Waals surface area contributed by atoms with E-state index in [0.717, 1.165) is 11.1 Å². The maximum atomic E-state index is 13.3. The molecule has 0 saturated heterocycles. The van der Waals surface area contributed by atoms with Crippen LogP contribution in [-0.4, -0.2) is 47.7 Å². The second kappa shape index (κ2) is 9.92. The topological polar surface area (TPSA) is 71.0 Å². The lowest BCUT2D eigenvalue weighted by Gasteiger charge is -2.31. The number of benzene rings is 2. The summed E-state index contributed by atoms with van der Waals surface area (Å²) in [6.07, 6.45) is 0.214. The molecule has 4 rings (SSSR count). The molecule has 0 unspecified atom stereocenters. The molecule has 2 aromatic carbocycles. The molecule has 0 saturated carbocycles. The highest BCUT2D eigenvalue weighted by Gasteiger charge is 2.29. The number of ether oxygens (including phenoxy) is 2. The largest absolute Gasteiger partial charge is 1.00 e. The van der Waals surface area contributed by atoms with Crippen molar-refractivity contribution in [3.05, 3.63) is 59.2 Å². The lowest BCUT2D eigenvalue weighted by atomic mass is 9.98. The van der Waals surface area contributed by atoms with Crippen LogP contribution in [0.4, 0.5) is 8.78 Å². The first kappa shape index (κ1) is 22.7. The highest BCUT2D eigenvalue weighted by atomic mass is 35.5. The molecule has 2 aliphatic heterocycles. The van der Waals surface area contributed by atoms with Crippen molar-refractivity contribution in [3.8, 4) is 11.5 Å². The van der Waals surface area contributed by atoms with Crippen molar-refractivity contribution >= 4 is 0 Å². The lowest BCUT2D eigenvalue weighted by molar-refractivity contribution is -0.0000135. The molecule has 5 nitrogen and oxygen atoms in total. The number of aliphatic hydroxyl groups excluding tert-OH is 2. The molecular weight excluding hydrogens is 416 g/mol. The number of nitrogens with one attached hydrogen (secondary N) is 1. The van der Waals surface area contributed by atoms with Gasteiger partial charge in [-0.3, -0.25) is 0 Å². The van der Waals surface area contributed by atoms with Crippen LogP contribution >= 0.6 is 0 Å². The second-order valence-corrected chi connectivity index (χ2v) is 7.69. The zero-order valence-electron chi connectivity index (χ0n) is 17.4. The van der Waals surface area contributed by atoms with E-state index in [1.165, 1.54) is 24.3 Å². The van der Waals surface area contributed by atoms with E-state index in [1.54, 1.807) is 12.1 Å². The van der Waals surface area contributed by atoms with Crippen molar-refractivity contribution < 1.29 is 42.3 Å². The van der Waals surface area contributed by atoms with Crippen LogP contribution in [0.2, 0.25) is 0 Å². The van der Waals surface area contributed by atoms with E-state index in [-0.39, 0.29) is 50.8 Å². The van der Waals surface area contributed by atoms with E-state index in [2.05, 4.69) is 5.32 Å². The minimum atomic E-state index is -0.753. The SMILES string of the molecule is O[C@@H](CNC[C@H](O)[C@H]1CCc2cc(F)ccc2O1)[C@@H]1CCc2cc(F)ccc2O1.[Cl-].[H+]. The van der Waals surface area contributed by atoms with Gasteiger partial charge in [-0.15, -0.1) is 0 Å². The Labute approximate surface area is 181 Å². The lowest BCUT2D eigenvalue weighted by Crippen LogP contribution is -3.00. The van der Waals surface area contributed by atoms with Crippen molar-refractivity contribution in [2.75, 3.05) is 13.1 Å². The molecule has 2 aliphatic rings. The van der Waals surface area contributed by atoms with Gasteiger partial charge in [0.1, 0.15) is 47.5 Å². The highest BCUT2D eigenvalue weighted by molar-refractivity contribution is 5.36. The van der Waals surface area contributed by atoms with Crippen LogP contribution in [0, 0.1) is 11.6 Å². The first-order chi connectivity index (χ1) is 14.0. The van der Waals surface area contributed by atoms with Gasteiger partial charge >= 0.3 is 1.43 Å². The van der Waals surface area contributed by atoms with E-state index in [9.17, 15) is 19.0 Å². The predicted octanol–water partition coefficient (Wildman–Crippen LogP) is -0.520. The van der Waals surface area contributed by atoms with Gasteiger partial charge in [0.25, 0.3) is 0 Å². The fourth-order valence-electron chi connectivity index (χ4n) is 3.94. The van der Waals surface area contributed by atoms with Gasteiger partial charge in [-0.05, 0) is 73.2 Å². The monoisotopic (exact) mass is 441 g/mol. The van der Waals surface area contributed by atoms with Crippen LogP contribution in [0.5, 0.6) is 11.5 Å². The third-order valence-electron chi connectivity index (χ3n) is 5.56. The number of fused-ring (bicyclic) bond motifs is 2. The molecule has 0 aliphatic carbocycles. The van der Waals surface area contributed by atoms with E-state index in [0.29, 0.717) is 37.2 Å². The van der Waals surface area contributed by atoms with Crippen LogP contribution in [-0.2, 0) is 12.8 Å². The molecule has 0 aromatic heterocycles. The molecule has 0 radical (unpaired) electrons. The fraction of sp³-hybridized carbons (Fsp3) is 0.455. The van der Waals surface area contributed by atoms with Crippen LogP contribution < -0.4 is 27.2 Å². The number of hydrogen-bond acceptors (Lipinski definition) is 5. The number of rotatable bonds is 6. The summed E-state index contributed by atoms with van der Waals surface area (Å²) in [5, 5.41) is 23.9. The Hall–Kier alpha value is -1.93. The summed E-state index contributed by atoms with van der Waals surface area (Å²) in [7, 11) is 0. The van der Waals surface area contributed by atoms with Crippen molar-refractivity contribution in [2.45, 2.75) is 50.1 Å². The third kappa shape index (κ3) is 5.21. The van der Waals surface area contributed by atoms with Crippen molar-refractivity contribution in [2.24, 2.45) is 0 Å². The molecule has 4 atom stereocenters. The summed E-state index contributed by atoms with van der Waals surface area (Å²) in [4.78, 5) is 0. The van der Waals surface area contributed by atoms with E-state index >= 15 is 0 Å². The quantitative estimate of drug-likeness (QED) is 0.563. The number of aliphatic hydroxyl groups is 2. The average Bonchev–Trinajstić information content (AvgIpc) is 2.72. The van der Waals surface area contributed by atoms with Crippen LogP contribution in [0.25, 0.3) is 0 Å². The first-order valence-corrected chi connectivity index (χ1v) is 9.96. The van der Waals surface area contributed by atoms with Crippen molar-refractivity contribution in [1.29, 1.82) is 0 Å². The fourth-order valence-corrected chi connectivity index (χ4v) is 3.94. The molecule has 2 aromatic rings. The van der Waals surface area contributed by atoms with Crippen molar-refractivity contribution in [1.82, 2.24) is 5.32 Å².